The van der Waals surface area contributed by atoms with Crippen LogP contribution >= 0.6 is 11.8 Å². The van der Waals surface area contributed by atoms with Gasteiger partial charge in [0.1, 0.15) is 0 Å². The van der Waals surface area contributed by atoms with Crippen LogP contribution in [0.3, 0.4) is 0 Å². The summed E-state index contributed by atoms with van der Waals surface area (Å²) in [7, 11) is 0. The molecule has 2 fully saturated rings. The molecule has 5 heteroatoms. The van der Waals surface area contributed by atoms with Crippen LogP contribution in [0.15, 0.2) is 0 Å². The number of hydrogen-bond acceptors (Lipinski definition) is 5. The molecular formula is C14H29N3OS. The predicted octanol–water partition coefficient (Wildman–Crippen LogP) is 0.734. The van der Waals surface area contributed by atoms with E-state index in [1.165, 1.54) is 31.1 Å². The molecule has 0 aromatic heterocycles. The molecule has 2 rings (SSSR count). The van der Waals surface area contributed by atoms with E-state index in [4.69, 9.17) is 4.74 Å². The summed E-state index contributed by atoms with van der Waals surface area (Å²) in [6.07, 6.45) is 0.369. The van der Waals surface area contributed by atoms with Crippen molar-refractivity contribution in [3.05, 3.63) is 0 Å². The third-order valence-corrected chi connectivity index (χ3v) is 4.92. The van der Waals surface area contributed by atoms with Gasteiger partial charge in [0.05, 0.1) is 12.7 Å². The third kappa shape index (κ3) is 5.60. The van der Waals surface area contributed by atoms with E-state index in [1.54, 1.807) is 0 Å². The molecule has 2 heterocycles. The van der Waals surface area contributed by atoms with E-state index in [2.05, 4.69) is 40.7 Å². The molecule has 2 saturated heterocycles. The third-order valence-electron chi connectivity index (χ3n) is 3.98. The van der Waals surface area contributed by atoms with Crippen molar-refractivity contribution >= 4 is 11.8 Å². The van der Waals surface area contributed by atoms with Crippen LogP contribution in [-0.4, -0.2) is 85.9 Å². The first-order valence-corrected chi connectivity index (χ1v) is 8.77. The molecule has 4 nitrogen and oxygen atoms in total. The maximum absolute atomic E-state index is 5.83. The van der Waals surface area contributed by atoms with Gasteiger partial charge >= 0.3 is 0 Å². The van der Waals surface area contributed by atoms with Crippen LogP contribution in [0.25, 0.3) is 0 Å². The molecule has 0 aliphatic carbocycles. The fourth-order valence-corrected chi connectivity index (χ4v) is 3.64. The summed E-state index contributed by atoms with van der Waals surface area (Å²) in [5.74, 6) is 2.60. The van der Waals surface area contributed by atoms with E-state index in [1.807, 2.05) is 0 Å². The van der Waals surface area contributed by atoms with Crippen LogP contribution in [0, 0.1) is 0 Å². The second kappa shape index (κ2) is 8.47. The number of morpholine rings is 1. The molecule has 0 saturated carbocycles. The predicted molar refractivity (Wildman–Crippen MR) is 83.1 cm³/mol. The number of thioether (sulfide) groups is 1. The van der Waals surface area contributed by atoms with E-state index < -0.39 is 0 Å². The molecular weight excluding hydrogens is 258 g/mol. The SMILES string of the molecule is CC(C)N1CCOC(CNCCN2CCSCC2)C1. The zero-order valence-corrected chi connectivity index (χ0v) is 13.3. The minimum atomic E-state index is 0.369. The van der Waals surface area contributed by atoms with Gasteiger partial charge < -0.3 is 15.0 Å². The van der Waals surface area contributed by atoms with Crippen LogP contribution in [-0.2, 0) is 4.74 Å². The molecule has 0 spiro atoms. The van der Waals surface area contributed by atoms with Crippen LogP contribution < -0.4 is 5.32 Å². The average molecular weight is 287 g/mol. The fourth-order valence-electron chi connectivity index (χ4n) is 2.66. The van der Waals surface area contributed by atoms with Crippen LogP contribution in [0.5, 0.6) is 0 Å². The second-order valence-electron chi connectivity index (χ2n) is 5.74. The zero-order chi connectivity index (χ0) is 13.5. The van der Waals surface area contributed by atoms with Crippen molar-refractivity contribution in [1.82, 2.24) is 15.1 Å². The topological polar surface area (TPSA) is 27.7 Å². The van der Waals surface area contributed by atoms with Crippen LogP contribution in [0.2, 0.25) is 0 Å². The van der Waals surface area contributed by atoms with Gasteiger partial charge in [-0.05, 0) is 13.8 Å². The Labute approximate surface area is 122 Å². The van der Waals surface area contributed by atoms with Gasteiger partial charge in [0.2, 0.25) is 0 Å². The largest absolute Gasteiger partial charge is 0.374 e. The van der Waals surface area contributed by atoms with E-state index >= 15 is 0 Å². The maximum Gasteiger partial charge on any atom is 0.0826 e. The summed E-state index contributed by atoms with van der Waals surface area (Å²) in [5, 5.41) is 3.56. The normalized spacial score (nSPS) is 27.0. The molecule has 112 valence electrons. The molecule has 1 N–H and O–H groups in total. The lowest BCUT2D eigenvalue weighted by molar-refractivity contribution is -0.0371. The smallest absolute Gasteiger partial charge is 0.0826 e. The molecule has 2 aliphatic heterocycles. The van der Waals surface area contributed by atoms with Gasteiger partial charge in [-0.25, -0.2) is 0 Å². The Balaban J connectivity index is 1.55. The Hall–Kier alpha value is 0.190. The standard InChI is InChI=1S/C14H29N3OS/c1-13(2)17-5-8-18-14(12-17)11-15-3-4-16-6-9-19-10-7-16/h13-15H,3-12H2,1-2H3. The Kier molecular flexibility index (Phi) is 6.94. The molecule has 0 aromatic rings. The number of ether oxygens (including phenoxy) is 1. The lowest BCUT2D eigenvalue weighted by Crippen LogP contribution is -2.49. The van der Waals surface area contributed by atoms with Gasteiger partial charge in [-0.2, -0.15) is 11.8 Å². The second-order valence-corrected chi connectivity index (χ2v) is 6.96. The minimum Gasteiger partial charge on any atom is -0.374 e. The summed E-state index contributed by atoms with van der Waals surface area (Å²) in [6, 6.07) is 0.636. The first kappa shape index (κ1) is 15.6. The van der Waals surface area contributed by atoms with Crippen LogP contribution in [0.1, 0.15) is 13.8 Å². The Morgan fingerprint density at radius 3 is 2.79 bits per heavy atom. The Morgan fingerprint density at radius 2 is 2.05 bits per heavy atom. The van der Waals surface area contributed by atoms with E-state index in [9.17, 15) is 0 Å². The van der Waals surface area contributed by atoms with E-state index in [0.29, 0.717) is 12.1 Å². The van der Waals surface area contributed by atoms with Crippen molar-refractivity contribution in [2.24, 2.45) is 0 Å². The zero-order valence-electron chi connectivity index (χ0n) is 12.4. The number of rotatable bonds is 6. The maximum atomic E-state index is 5.83. The Bertz CT molecular complexity index is 247. The van der Waals surface area contributed by atoms with Crippen LogP contribution in [0.4, 0.5) is 0 Å². The molecule has 0 bridgehead atoms. The molecule has 0 aromatic carbocycles. The molecule has 2 aliphatic rings. The molecule has 1 atom stereocenters. The number of nitrogens with one attached hydrogen (secondary N) is 1. The van der Waals surface area contributed by atoms with Gasteiger partial charge in [-0.1, -0.05) is 0 Å². The summed E-state index contributed by atoms with van der Waals surface area (Å²) < 4.78 is 5.83. The van der Waals surface area contributed by atoms with Crippen molar-refractivity contribution in [1.29, 1.82) is 0 Å². The summed E-state index contributed by atoms with van der Waals surface area (Å²) >= 11 is 2.08. The highest BCUT2D eigenvalue weighted by Crippen LogP contribution is 2.09. The molecule has 0 radical (unpaired) electrons. The summed E-state index contributed by atoms with van der Waals surface area (Å²) in [6.45, 7) is 13.4. The van der Waals surface area contributed by atoms with E-state index in [-0.39, 0.29) is 0 Å². The highest BCUT2D eigenvalue weighted by molar-refractivity contribution is 7.99. The lowest BCUT2D eigenvalue weighted by Gasteiger charge is -2.35. The van der Waals surface area contributed by atoms with Crippen molar-refractivity contribution in [3.63, 3.8) is 0 Å². The minimum absolute atomic E-state index is 0.369. The number of nitrogens with zero attached hydrogens (tertiary/aromatic N) is 2. The van der Waals surface area contributed by atoms with Gasteiger partial charge in [0, 0.05) is 63.4 Å². The quantitative estimate of drug-likeness (QED) is 0.727. The van der Waals surface area contributed by atoms with Crippen molar-refractivity contribution < 1.29 is 4.74 Å². The Morgan fingerprint density at radius 1 is 1.26 bits per heavy atom. The fraction of sp³-hybridized carbons (Fsp3) is 1.00. The average Bonchev–Trinajstić information content (AvgIpc) is 2.45. The monoisotopic (exact) mass is 287 g/mol. The lowest BCUT2D eigenvalue weighted by atomic mass is 10.2. The van der Waals surface area contributed by atoms with E-state index in [0.717, 1.165) is 32.8 Å². The molecule has 19 heavy (non-hydrogen) atoms. The highest BCUT2D eigenvalue weighted by atomic mass is 32.2. The molecule has 0 amide bonds. The van der Waals surface area contributed by atoms with Gasteiger partial charge in [0.25, 0.3) is 0 Å². The first-order chi connectivity index (χ1) is 9.25. The van der Waals surface area contributed by atoms with Crippen molar-refractivity contribution in [3.8, 4) is 0 Å². The van der Waals surface area contributed by atoms with Crippen molar-refractivity contribution in [2.75, 3.05) is 63.9 Å². The number of hydrogen-bond donors (Lipinski definition) is 1. The summed E-state index contributed by atoms with van der Waals surface area (Å²) in [5.41, 5.74) is 0. The van der Waals surface area contributed by atoms with Gasteiger partial charge in [-0.3, -0.25) is 4.90 Å². The van der Waals surface area contributed by atoms with Crippen molar-refractivity contribution in [2.45, 2.75) is 26.0 Å². The van der Waals surface area contributed by atoms with Gasteiger partial charge in [0.15, 0.2) is 0 Å². The highest BCUT2D eigenvalue weighted by Gasteiger charge is 2.21. The summed E-state index contributed by atoms with van der Waals surface area (Å²) in [4.78, 5) is 5.07. The van der Waals surface area contributed by atoms with Gasteiger partial charge in [-0.15, -0.1) is 0 Å². The first-order valence-electron chi connectivity index (χ1n) is 7.62. The molecule has 1 unspecified atom stereocenters.